The molecule has 1 saturated heterocycles. The van der Waals surface area contributed by atoms with Gasteiger partial charge >= 0.3 is 0 Å². The van der Waals surface area contributed by atoms with Crippen molar-refractivity contribution in [1.82, 2.24) is 9.55 Å². The highest BCUT2D eigenvalue weighted by Gasteiger charge is 2.35. The maximum Gasteiger partial charge on any atom is 0.227 e. The van der Waals surface area contributed by atoms with Gasteiger partial charge in [-0.05, 0) is 36.6 Å². The third-order valence-electron chi connectivity index (χ3n) is 5.77. The van der Waals surface area contributed by atoms with Crippen LogP contribution in [0.3, 0.4) is 0 Å². The van der Waals surface area contributed by atoms with Crippen LogP contribution in [0.4, 0.5) is 5.69 Å². The lowest BCUT2D eigenvalue weighted by Gasteiger charge is -2.20. The van der Waals surface area contributed by atoms with Gasteiger partial charge in [0.25, 0.3) is 0 Å². The number of aryl methyl sites for hydroxylation is 1. The van der Waals surface area contributed by atoms with E-state index in [-0.39, 0.29) is 11.8 Å². The number of benzene rings is 2. The molecular weight excluding hydrogens is 334 g/mol. The minimum Gasteiger partial charge on any atom is -0.327 e. The molecule has 140 valence electrons. The highest BCUT2D eigenvalue weighted by molar-refractivity contribution is 5.97. The molecule has 4 heteroatoms. The van der Waals surface area contributed by atoms with Gasteiger partial charge in [-0.1, -0.05) is 50.6 Å². The fraction of sp³-hybridized carbons (Fsp3) is 0.391. The van der Waals surface area contributed by atoms with Crippen molar-refractivity contribution < 1.29 is 4.79 Å². The minimum atomic E-state index is 0.133. The van der Waals surface area contributed by atoms with Gasteiger partial charge in [0.05, 0.1) is 11.0 Å². The fourth-order valence-electron chi connectivity index (χ4n) is 4.02. The Kier molecular flexibility index (Phi) is 4.73. The van der Waals surface area contributed by atoms with Crippen LogP contribution in [0.2, 0.25) is 0 Å². The van der Waals surface area contributed by atoms with E-state index in [1.54, 1.807) is 0 Å². The number of hydrogen-bond acceptors (Lipinski definition) is 2. The molecule has 27 heavy (non-hydrogen) atoms. The molecule has 3 aromatic rings. The van der Waals surface area contributed by atoms with Gasteiger partial charge in [0.15, 0.2) is 0 Å². The van der Waals surface area contributed by atoms with E-state index < -0.39 is 0 Å². The number of nitrogens with zero attached hydrogens (tertiary/aromatic N) is 3. The van der Waals surface area contributed by atoms with E-state index in [4.69, 9.17) is 4.98 Å². The van der Waals surface area contributed by atoms with Crippen molar-refractivity contribution in [2.24, 2.45) is 5.92 Å². The van der Waals surface area contributed by atoms with Crippen molar-refractivity contribution in [3.05, 3.63) is 59.9 Å². The number of hydrogen-bond donors (Lipinski definition) is 0. The molecule has 0 aliphatic carbocycles. The van der Waals surface area contributed by atoms with E-state index in [2.05, 4.69) is 49.6 Å². The first-order valence-corrected chi connectivity index (χ1v) is 9.89. The Morgan fingerprint density at radius 2 is 1.89 bits per heavy atom. The minimum absolute atomic E-state index is 0.133. The monoisotopic (exact) mass is 361 g/mol. The summed E-state index contributed by atoms with van der Waals surface area (Å²) in [6, 6.07) is 16.4. The number of para-hydroxylation sites is 3. The molecule has 2 aromatic carbocycles. The van der Waals surface area contributed by atoms with Crippen LogP contribution in [0.25, 0.3) is 11.0 Å². The number of carbonyl (C=O) groups excluding carboxylic acids is 1. The third kappa shape index (κ3) is 3.25. The van der Waals surface area contributed by atoms with Crippen LogP contribution in [0.1, 0.15) is 44.0 Å². The molecule has 1 amide bonds. The number of carbonyl (C=O) groups is 1. The average Bonchev–Trinajstić information content (AvgIpc) is 3.23. The summed E-state index contributed by atoms with van der Waals surface area (Å²) < 4.78 is 2.35. The van der Waals surface area contributed by atoms with Crippen LogP contribution < -0.4 is 4.90 Å². The summed E-state index contributed by atoms with van der Waals surface area (Å²) in [6.45, 7) is 8.21. The first kappa shape index (κ1) is 17.8. The van der Waals surface area contributed by atoms with Gasteiger partial charge in [-0.2, -0.15) is 0 Å². The van der Waals surface area contributed by atoms with Gasteiger partial charge in [0.2, 0.25) is 5.91 Å². The quantitative estimate of drug-likeness (QED) is 0.647. The number of amides is 1. The second kappa shape index (κ2) is 7.18. The summed E-state index contributed by atoms with van der Waals surface area (Å²) in [5.41, 5.74) is 4.36. The Balaban J connectivity index is 1.71. The van der Waals surface area contributed by atoms with Gasteiger partial charge < -0.3 is 9.47 Å². The largest absolute Gasteiger partial charge is 0.327 e. The maximum atomic E-state index is 12.8. The van der Waals surface area contributed by atoms with E-state index in [0.29, 0.717) is 18.9 Å². The molecule has 4 nitrogen and oxygen atoms in total. The van der Waals surface area contributed by atoms with Crippen LogP contribution in [-0.2, 0) is 11.3 Å². The molecule has 1 aromatic heterocycles. The summed E-state index contributed by atoms with van der Waals surface area (Å²) >= 11 is 0. The van der Waals surface area contributed by atoms with E-state index in [1.807, 2.05) is 29.2 Å². The lowest BCUT2D eigenvalue weighted by atomic mass is 10.1. The smallest absolute Gasteiger partial charge is 0.227 e. The van der Waals surface area contributed by atoms with Gasteiger partial charge in [0, 0.05) is 31.1 Å². The second-order valence-corrected chi connectivity index (χ2v) is 7.77. The first-order chi connectivity index (χ1) is 13.1. The Labute approximate surface area is 160 Å². The molecule has 0 bridgehead atoms. The number of rotatable bonds is 5. The zero-order valence-corrected chi connectivity index (χ0v) is 16.4. The van der Waals surface area contributed by atoms with Crippen molar-refractivity contribution in [3.8, 4) is 0 Å². The zero-order valence-electron chi connectivity index (χ0n) is 16.4. The second-order valence-electron chi connectivity index (χ2n) is 7.77. The van der Waals surface area contributed by atoms with Crippen LogP contribution in [0, 0.1) is 12.8 Å². The predicted molar refractivity (Wildman–Crippen MR) is 110 cm³/mol. The molecule has 0 saturated carbocycles. The highest BCUT2D eigenvalue weighted by Crippen LogP contribution is 2.34. The number of fused-ring (bicyclic) bond motifs is 1. The Hall–Kier alpha value is -2.62. The maximum absolute atomic E-state index is 12.8. The summed E-state index contributed by atoms with van der Waals surface area (Å²) in [5, 5.41) is 0. The molecule has 1 aliphatic rings. The standard InChI is InChI=1S/C23H27N3O/c1-4-16(2)14-26-21-12-8-6-10-19(21)24-23(26)18-13-22(27)25(15-18)20-11-7-5-9-17(20)3/h5-12,16,18H,4,13-15H2,1-3H3. The summed E-state index contributed by atoms with van der Waals surface area (Å²) in [6.07, 6.45) is 1.66. The average molecular weight is 361 g/mol. The van der Waals surface area contributed by atoms with Gasteiger partial charge in [-0.3, -0.25) is 4.79 Å². The fourth-order valence-corrected chi connectivity index (χ4v) is 4.02. The molecule has 0 N–H and O–H groups in total. The molecule has 4 rings (SSSR count). The highest BCUT2D eigenvalue weighted by atomic mass is 16.2. The number of anilines is 1. The first-order valence-electron chi connectivity index (χ1n) is 9.89. The van der Waals surface area contributed by atoms with Crippen LogP contribution >= 0.6 is 0 Å². The summed E-state index contributed by atoms with van der Waals surface area (Å²) in [7, 11) is 0. The lowest BCUT2D eigenvalue weighted by Crippen LogP contribution is -2.25. The summed E-state index contributed by atoms with van der Waals surface area (Å²) in [5.74, 6) is 1.96. The molecule has 2 heterocycles. The molecular formula is C23H27N3O. The number of imidazole rings is 1. The third-order valence-corrected chi connectivity index (χ3v) is 5.77. The molecule has 0 radical (unpaired) electrons. The van der Waals surface area contributed by atoms with Gasteiger partial charge in [0.1, 0.15) is 5.82 Å². The van der Waals surface area contributed by atoms with Crippen molar-refractivity contribution in [3.63, 3.8) is 0 Å². The zero-order chi connectivity index (χ0) is 19.0. The van der Waals surface area contributed by atoms with E-state index in [9.17, 15) is 4.79 Å². The topological polar surface area (TPSA) is 38.1 Å². The van der Waals surface area contributed by atoms with E-state index in [1.165, 1.54) is 5.52 Å². The van der Waals surface area contributed by atoms with Crippen molar-refractivity contribution in [1.29, 1.82) is 0 Å². The Morgan fingerprint density at radius 1 is 1.15 bits per heavy atom. The van der Waals surface area contributed by atoms with Crippen molar-refractivity contribution in [2.75, 3.05) is 11.4 Å². The lowest BCUT2D eigenvalue weighted by molar-refractivity contribution is -0.117. The van der Waals surface area contributed by atoms with Crippen LogP contribution in [-0.4, -0.2) is 22.0 Å². The van der Waals surface area contributed by atoms with Crippen LogP contribution in [0.5, 0.6) is 0 Å². The van der Waals surface area contributed by atoms with Gasteiger partial charge in [-0.15, -0.1) is 0 Å². The molecule has 0 spiro atoms. The predicted octanol–water partition coefficient (Wildman–Crippen LogP) is 4.91. The van der Waals surface area contributed by atoms with E-state index in [0.717, 1.165) is 35.6 Å². The van der Waals surface area contributed by atoms with Crippen molar-refractivity contribution in [2.45, 2.75) is 46.1 Å². The molecule has 2 atom stereocenters. The van der Waals surface area contributed by atoms with Gasteiger partial charge in [-0.25, -0.2) is 4.98 Å². The normalized spacial score (nSPS) is 18.4. The SMILES string of the molecule is CCC(C)Cn1c(C2CC(=O)N(c3ccccc3C)C2)nc2ccccc21. The van der Waals surface area contributed by atoms with E-state index >= 15 is 0 Å². The number of aromatic nitrogens is 2. The summed E-state index contributed by atoms with van der Waals surface area (Å²) in [4.78, 5) is 19.7. The van der Waals surface area contributed by atoms with Crippen molar-refractivity contribution >= 4 is 22.6 Å². The Morgan fingerprint density at radius 3 is 2.67 bits per heavy atom. The molecule has 1 fully saturated rings. The molecule has 2 unspecified atom stereocenters. The molecule has 1 aliphatic heterocycles. The van der Waals surface area contributed by atoms with Crippen LogP contribution in [0.15, 0.2) is 48.5 Å². The Bertz CT molecular complexity index is 975.